The standard InChI is InChI=1S/C22H28FN7.HI/c1-4-24-22(29-9-7-18(15-29)19-13-27-28(3)14-19)26-12-17-5-6-21(20(23)11-17)30-10-8-25-16(30)2;/h5-6,8,10-11,13-14,18H,4,7,9,12,15H2,1-3H3,(H,24,26);1H. The number of likely N-dealkylation sites (tertiary alicyclic amines) is 1. The molecule has 0 bridgehead atoms. The molecule has 0 amide bonds. The number of hydrogen-bond acceptors (Lipinski definition) is 3. The van der Waals surface area contributed by atoms with Gasteiger partial charge in [-0.15, -0.1) is 24.0 Å². The van der Waals surface area contributed by atoms with Crippen LogP contribution in [0.2, 0.25) is 0 Å². The van der Waals surface area contributed by atoms with Crippen molar-refractivity contribution in [2.24, 2.45) is 12.0 Å². The molecule has 166 valence electrons. The first kappa shape index (κ1) is 23.2. The number of aromatic nitrogens is 4. The molecule has 0 spiro atoms. The Morgan fingerprint density at radius 2 is 2.19 bits per heavy atom. The van der Waals surface area contributed by atoms with Gasteiger partial charge in [-0.25, -0.2) is 14.4 Å². The van der Waals surface area contributed by atoms with E-state index in [4.69, 9.17) is 4.99 Å². The average molecular weight is 537 g/mol. The van der Waals surface area contributed by atoms with Gasteiger partial charge in [0.15, 0.2) is 5.96 Å². The van der Waals surface area contributed by atoms with E-state index in [9.17, 15) is 4.39 Å². The predicted octanol–water partition coefficient (Wildman–Crippen LogP) is 3.63. The zero-order valence-electron chi connectivity index (χ0n) is 18.1. The van der Waals surface area contributed by atoms with E-state index in [1.54, 1.807) is 29.1 Å². The molecule has 0 radical (unpaired) electrons. The molecule has 1 aliphatic heterocycles. The van der Waals surface area contributed by atoms with Gasteiger partial charge in [-0.3, -0.25) is 4.68 Å². The van der Waals surface area contributed by atoms with Gasteiger partial charge < -0.3 is 14.8 Å². The summed E-state index contributed by atoms with van der Waals surface area (Å²) in [5.74, 6) is 1.81. The summed E-state index contributed by atoms with van der Waals surface area (Å²) >= 11 is 0. The van der Waals surface area contributed by atoms with Gasteiger partial charge in [0.05, 0.1) is 18.4 Å². The molecule has 2 aromatic heterocycles. The Balaban J connectivity index is 0.00000272. The largest absolute Gasteiger partial charge is 0.357 e. The van der Waals surface area contributed by atoms with E-state index in [0.29, 0.717) is 18.2 Å². The lowest BCUT2D eigenvalue weighted by atomic mass is 10.0. The third-order valence-electron chi connectivity index (χ3n) is 5.53. The SMILES string of the molecule is CCNC(=NCc1ccc(-n2ccnc2C)c(F)c1)N1CCC(c2cnn(C)c2)C1.I. The number of guanidine groups is 1. The highest BCUT2D eigenvalue weighted by Gasteiger charge is 2.26. The van der Waals surface area contributed by atoms with Crippen molar-refractivity contribution in [3.05, 3.63) is 65.8 Å². The molecular formula is C22H29FIN7. The van der Waals surface area contributed by atoms with Crippen LogP contribution in [0.15, 0.2) is 48.0 Å². The van der Waals surface area contributed by atoms with E-state index in [-0.39, 0.29) is 29.8 Å². The van der Waals surface area contributed by atoms with Crippen molar-refractivity contribution < 1.29 is 4.39 Å². The summed E-state index contributed by atoms with van der Waals surface area (Å²) in [6, 6.07) is 5.27. The normalized spacial score (nSPS) is 16.5. The quantitative estimate of drug-likeness (QED) is 0.307. The summed E-state index contributed by atoms with van der Waals surface area (Å²) in [6.07, 6.45) is 8.55. The second-order valence-electron chi connectivity index (χ2n) is 7.68. The summed E-state index contributed by atoms with van der Waals surface area (Å²) in [7, 11) is 1.94. The van der Waals surface area contributed by atoms with E-state index < -0.39 is 0 Å². The van der Waals surface area contributed by atoms with Crippen molar-refractivity contribution in [1.29, 1.82) is 0 Å². The number of aliphatic imine (C=N–C) groups is 1. The molecule has 1 aliphatic rings. The first-order valence-electron chi connectivity index (χ1n) is 10.4. The van der Waals surface area contributed by atoms with Crippen LogP contribution in [0.1, 0.15) is 36.2 Å². The number of rotatable bonds is 5. The maximum absolute atomic E-state index is 14.7. The minimum absolute atomic E-state index is 0. The van der Waals surface area contributed by atoms with Gasteiger partial charge in [-0.05, 0) is 43.5 Å². The van der Waals surface area contributed by atoms with Crippen molar-refractivity contribution in [3.63, 3.8) is 0 Å². The zero-order valence-corrected chi connectivity index (χ0v) is 20.5. The highest BCUT2D eigenvalue weighted by Crippen LogP contribution is 2.27. The fourth-order valence-corrected chi connectivity index (χ4v) is 3.94. The number of aryl methyl sites for hydroxylation is 2. The van der Waals surface area contributed by atoms with E-state index in [1.165, 1.54) is 5.56 Å². The van der Waals surface area contributed by atoms with Gasteiger partial charge in [0.2, 0.25) is 0 Å². The molecule has 1 atom stereocenters. The number of hydrogen-bond donors (Lipinski definition) is 1. The van der Waals surface area contributed by atoms with E-state index >= 15 is 0 Å². The van der Waals surface area contributed by atoms with Crippen LogP contribution < -0.4 is 5.32 Å². The minimum Gasteiger partial charge on any atom is -0.357 e. The Morgan fingerprint density at radius 1 is 1.35 bits per heavy atom. The summed E-state index contributed by atoms with van der Waals surface area (Å²) in [5, 5.41) is 7.67. The Morgan fingerprint density at radius 3 is 2.84 bits per heavy atom. The minimum atomic E-state index is -0.272. The Labute approximate surface area is 199 Å². The van der Waals surface area contributed by atoms with Crippen LogP contribution in [-0.4, -0.2) is 49.8 Å². The molecule has 1 saturated heterocycles. The average Bonchev–Trinajstić information content (AvgIpc) is 3.46. The van der Waals surface area contributed by atoms with Crippen LogP contribution in [0, 0.1) is 12.7 Å². The predicted molar refractivity (Wildman–Crippen MR) is 131 cm³/mol. The van der Waals surface area contributed by atoms with Crippen molar-refractivity contribution in [3.8, 4) is 5.69 Å². The van der Waals surface area contributed by atoms with E-state index in [2.05, 4.69) is 33.4 Å². The van der Waals surface area contributed by atoms with Gasteiger partial charge >= 0.3 is 0 Å². The van der Waals surface area contributed by atoms with Crippen molar-refractivity contribution in [1.82, 2.24) is 29.5 Å². The number of imidazole rings is 1. The molecule has 4 rings (SSSR count). The third-order valence-corrected chi connectivity index (χ3v) is 5.53. The summed E-state index contributed by atoms with van der Waals surface area (Å²) < 4.78 is 18.3. The monoisotopic (exact) mass is 537 g/mol. The number of nitrogens with zero attached hydrogens (tertiary/aromatic N) is 6. The fourth-order valence-electron chi connectivity index (χ4n) is 3.94. The molecule has 1 fully saturated rings. The molecule has 1 aromatic carbocycles. The molecule has 31 heavy (non-hydrogen) atoms. The maximum atomic E-state index is 14.7. The first-order chi connectivity index (χ1) is 14.5. The molecule has 1 N–H and O–H groups in total. The highest BCUT2D eigenvalue weighted by atomic mass is 127. The second-order valence-corrected chi connectivity index (χ2v) is 7.68. The van der Waals surface area contributed by atoms with E-state index in [1.807, 2.05) is 30.9 Å². The van der Waals surface area contributed by atoms with E-state index in [0.717, 1.165) is 43.4 Å². The number of nitrogens with one attached hydrogen (secondary N) is 1. The summed E-state index contributed by atoms with van der Waals surface area (Å²) in [4.78, 5) is 11.2. The van der Waals surface area contributed by atoms with Crippen molar-refractivity contribution in [2.75, 3.05) is 19.6 Å². The van der Waals surface area contributed by atoms with Crippen LogP contribution >= 0.6 is 24.0 Å². The smallest absolute Gasteiger partial charge is 0.194 e. The lowest BCUT2D eigenvalue weighted by Crippen LogP contribution is -2.40. The van der Waals surface area contributed by atoms with Gasteiger partial charge in [-0.2, -0.15) is 5.10 Å². The van der Waals surface area contributed by atoms with Gasteiger partial charge in [0.25, 0.3) is 0 Å². The molecule has 3 heterocycles. The van der Waals surface area contributed by atoms with Gasteiger partial charge in [-0.1, -0.05) is 6.07 Å². The van der Waals surface area contributed by atoms with Gasteiger partial charge in [0, 0.05) is 51.2 Å². The summed E-state index contributed by atoms with van der Waals surface area (Å²) in [5.41, 5.74) is 2.61. The third kappa shape index (κ3) is 5.25. The zero-order chi connectivity index (χ0) is 21.1. The maximum Gasteiger partial charge on any atom is 0.194 e. The fraction of sp³-hybridized carbons (Fsp3) is 0.409. The molecule has 0 aliphatic carbocycles. The molecule has 3 aromatic rings. The second kappa shape index (κ2) is 10.3. The molecule has 1 unspecified atom stereocenters. The number of benzene rings is 1. The summed E-state index contributed by atoms with van der Waals surface area (Å²) in [6.45, 7) is 6.99. The number of halogens is 2. The first-order valence-corrected chi connectivity index (χ1v) is 10.4. The molecular weight excluding hydrogens is 508 g/mol. The molecule has 7 nitrogen and oxygen atoms in total. The van der Waals surface area contributed by atoms with Gasteiger partial charge in [0.1, 0.15) is 11.6 Å². The van der Waals surface area contributed by atoms with Crippen LogP contribution in [0.4, 0.5) is 4.39 Å². The van der Waals surface area contributed by atoms with Crippen molar-refractivity contribution in [2.45, 2.75) is 32.7 Å². The highest BCUT2D eigenvalue weighted by molar-refractivity contribution is 14.0. The lowest BCUT2D eigenvalue weighted by Gasteiger charge is -2.21. The molecule has 9 heteroatoms. The Hall–Kier alpha value is -2.43. The lowest BCUT2D eigenvalue weighted by molar-refractivity contribution is 0.486. The van der Waals surface area contributed by atoms with Crippen LogP contribution in [-0.2, 0) is 13.6 Å². The van der Waals surface area contributed by atoms with Crippen molar-refractivity contribution >= 4 is 29.9 Å². The topological polar surface area (TPSA) is 63.3 Å². The van der Waals surface area contributed by atoms with Crippen LogP contribution in [0.5, 0.6) is 0 Å². The van der Waals surface area contributed by atoms with Crippen LogP contribution in [0.3, 0.4) is 0 Å². The Bertz CT molecular complexity index is 1040. The van der Waals surface area contributed by atoms with Crippen LogP contribution in [0.25, 0.3) is 5.69 Å². The molecule has 0 saturated carbocycles. The Kier molecular flexibility index (Phi) is 7.69.